The highest BCUT2D eigenvalue weighted by Crippen LogP contribution is 2.35. The number of aliphatic hydroxyl groups is 1. The van der Waals surface area contributed by atoms with E-state index < -0.39 is 28.9 Å². The van der Waals surface area contributed by atoms with Gasteiger partial charge in [-0.25, -0.2) is 9.78 Å². The summed E-state index contributed by atoms with van der Waals surface area (Å²) in [6.45, 7) is 7.51. The number of carbonyl (C=O) groups is 3. The molecule has 0 aliphatic carbocycles. The molecule has 1 fully saturated rings. The first-order valence-electron chi connectivity index (χ1n) is 14.7. The standard InChI is InChI=1S/C32H37N4O8Si/c1-31(2,3)44-30(40)36-18-24-14-25(42-19-26-16-33-20-43-26)9-8-23(24)15-32(36,45)27(37)17-34-28(38)21-4-6-22(7-5-21)29(39)35-10-12-41-13-11-35/h4-9,14,16,20,27,37H,10-13,15,17-19H2,1-3H3,(H,34,38)/t27-,32+/m1/s1. The van der Waals surface area contributed by atoms with Crippen molar-refractivity contribution in [3.63, 3.8) is 0 Å². The maximum absolute atomic E-state index is 13.5. The molecule has 13 heteroatoms. The fraction of sp³-hybridized carbons (Fsp3) is 0.438. The molecular weight excluding hydrogens is 596 g/mol. The van der Waals surface area contributed by atoms with Crippen molar-refractivity contribution in [2.24, 2.45) is 0 Å². The Morgan fingerprint density at radius 2 is 1.80 bits per heavy atom. The second-order valence-electron chi connectivity index (χ2n) is 12.1. The molecule has 2 aromatic carbocycles. The zero-order chi connectivity index (χ0) is 32.2. The quantitative estimate of drug-likeness (QED) is 0.358. The summed E-state index contributed by atoms with van der Waals surface area (Å²) >= 11 is 0. The summed E-state index contributed by atoms with van der Waals surface area (Å²) in [7, 11) is 3.74. The van der Waals surface area contributed by atoms with E-state index in [4.69, 9.17) is 18.6 Å². The zero-order valence-corrected chi connectivity index (χ0v) is 26.6. The Morgan fingerprint density at radius 3 is 2.47 bits per heavy atom. The van der Waals surface area contributed by atoms with Crippen LogP contribution in [0.4, 0.5) is 4.79 Å². The first-order valence-corrected chi connectivity index (χ1v) is 15.2. The molecule has 0 unspecified atom stereocenters. The zero-order valence-electron chi connectivity index (χ0n) is 25.6. The first-order chi connectivity index (χ1) is 21.4. The Bertz CT molecular complexity index is 1500. The van der Waals surface area contributed by atoms with Crippen LogP contribution in [0, 0.1) is 0 Å². The van der Waals surface area contributed by atoms with Gasteiger partial charge in [0.1, 0.15) is 18.0 Å². The molecule has 2 atom stereocenters. The van der Waals surface area contributed by atoms with Gasteiger partial charge in [-0.15, -0.1) is 0 Å². The van der Waals surface area contributed by atoms with E-state index in [1.54, 1.807) is 56.1 Å². The number of ether oxygens (including phenoxy) is 3. The largest absolute Gasteiger partial charge is 0.486 e. The van der Waals surface area contributed by atoms with Crippen molar-refractivity contribution in [1.29, 1.82) is 0 Å². The van der Waals surface area contributed by atoms with Gasteiger partial charge in [-0.2, -0.15) is 0 Å². The third-order valence-electron chi connectivity index (χ3n) is 7.63. The molecule has 45 heavy (non-hydrogen) atoms. The van der Waals surface area contributed by atoms with Gasteiger partial charge >= 0.3 is 6.09 Å². The van der Waals surface area contributed by atoms with Gasteiger partial charge in [0.2, 0.25) is 0 Å². The Balaban J connectivity index is 1.28. The molecule has 1 aromatic heterocycles. The number of rotatable bonds is 8. The topological polar surface area (TPSA) is 144 Å². The van der Waals surface area contributed by atoms with Crippen LogP contribution in [0.15, 0.2) is 59.5 Å². The molecule has 2 N–H and O–H groups in total. The van der Waals surface area contributed by atoms with Crippen molar-refractivity contribution < 1.29 is 38.1 Å². The lowest BCUT2D eigenvalue weighted by Crippen LogP contribution is -2.65. The van der Waals surface area contributed by atoms with Crippen molar-refractivity contribution in [2.45, 2.75) is 57.2 Å². The number of nitrogens with zero attached hydrogens (tertiary/aromatic N) is 3. The molecule has 0 saturated carbocycles. The number of aromatic nitrogens is 1. The molecule has 3 aromatic rings. The van der Waals surface area contributed by atoms with Crippen molar-refractivity contribution in [3.05, 3.63) is 83.1 Å². The minimum atomic E-state index is -1.29. The fourth-order valence-electron chi connectivity index (χ4n) is 5.19. The molecule has 1 saturated heterocycles. The smallest absolute Gasteiger partial charge is 0.410 e. The molecule has 0 bridgehead atoms. The van der Waals surface area contributed by atoms with Crippen LogP contribution in [0.2, 0.25) is 0 Å². The highest BCUT2D eigenvalue weighted by atomic mass is 28.1. The molecular formula is C32H37N4O8Si. The number of morpholine rings is 1. The van der Waals surface area contributed by atoms with Crippen molar-refractivity contribution in [2.75, 3.05) is 32.8 Å². The monoisotopic (exact) mass is 633 g/mol. The summed E-state index contributed by atoms with van der Waals surface area (Å²) in [5.74, 6) is 0.615. The van der Waals surface area contributed by atoms with E-state index in [1.165, 1.54) is 11.3 Å². The number of amides is 3. The number of oxazole rings is 1. The fourth-order valence-corrected chi connectivity index (χ4v) is 5.66. The molecule has 3 amide bonds. The van der Waals surface area contributed by atoms with Crippen LogP contribution in [0.5, 0.6) is 5.75 Å². The molecule has 3 heterocycles. The van der Waals surface area contributed by atoms with Crippen LogP contribution in [-0.4, -0.2) is 97.8 Å². The van der Waals surface area contributed by atoms with E-state index >= 15 is 0 Å². The van der Waals surface area contributed by atoms with Crippen LogP contribution >= 0.6 is 0 Å². The number of benzene rings is 2. The van der Waals surface area contributed by atoms with Crippen LogP contribution in [0.3, 0.4) is 0 Å². The maximum atomic E-state index is 13.5. The van der Waals surface area contributed by atoms with E-state index in [9.17, 15) is 19.5 Å². The van der Waals surface area contributed by atoms with Crippen LogP contribution in [0.25, 0.3) is 0 Å². The number of hydrogen-bond acceptors (Lipinski definition) is 9. The van der Waals surface area contributed by atoms with Gasteiger partial charge < -0.3 is 34.0 Å². The predicted octanol–water partition coefficient (Wildman–Crippen LogP) is 2.67. The highest BCUT2D eigenvalue weighted by molar-refractivity contribution is 6.17. The number of nitrogens with one attached hydrogen (secondary N) is 1. The molecule has 237 valence electrons. The molecule has 0 spiro atoms. The van der Waals surface area contributed by atoms with E-state index in [0.29, 0.717) is 48.9 Å². The minimum Gasteiger partial charge on any atom is -0.486 e. The van der Waals surface area contributed by atoms with Crippen molar-refractivity contribution in [3.8, 4) is 5.75 Å². The highest BCUT2D eigenvalue weighted by Gasteiger charge is 2.46. The second kappa shape index (κ2) is 13.4. The Labute approximate surface area is 265 Å². The summed E-state index contributed by atoms with van der Waals surface area (Å²) in [4.78, 5) is 46.3. The maximum Gasteiger partial charge on any atom is 0.410 e. The van der Waals surface area contributed by atoms with Crippen LogP contribution in [-0.2, 0) is 29.0 Å². The average molecular weight is 634 g/mol. The summed E-state index contributed by atoms with van der Waals surface area (Å²) in [6.07, 6.45) is 1.30. The van der Waals surface area contributed by atoms with E-state index in [1.807, 2.05) is 18.2 Å². The minimum absolute atomic E-state index is 0.116. The predicted molar refractivity (Wildman–Crippen MR) is 163 cm³/mol. The van der Waals surface area contributed by atoms with Gasteiger partial charge in [0.15, 0.2) is 12.2 Å². The summed E-state index contributed by atoms with van der Waals surface area (Å²) in [6, 6.07) is 11.9. The molecule has 5 rings (SSSR count). The first kappa shape index (κ1) is 32.2. The van der Waals surface area contributed by atoms with E-state index in [2.05, 4.69) is 20.5 Å². The van der Waals surface area contributed by atoms with E-state index in [-0.39, 0.29) is 32.0 Å². The lowest BCUT2D eigenvalue weighted by atomic mass is 9.90. The van der Waals surface area contributed by atoms with Gasteiger partial charge in [-0.3, -0.25) is 14.5 Å². The van der Waals surface area contributed by atoms with Crippen molar-refractivity contribution >= 4 is 28.2 Å². The number of hydrogen-bond donors (Lipinski definition) is 2. The number of carbonyl (C=O) groups excluding carboxylic acids is 3. The molecule has 3 radical (unpaired) electrons. The van der Waals surface area contributed by atoms with Gasteiger partial charge in [0, 0.05) is 37.3 Å². The van der Waals surface area contributed by atoms with Gasteiger partial charge in [-0.1, -0.05) is 6.07 Å². The SMILES string of the molecule is CC(C)(C)OC(=O)N1Cc2cc(OCc3cnco3)ccc2C[C@]1([Si])[C@H](O)CNC(=O)c1ccc(C(=O)N2CCOCC2)cc1. The van der Waals surface area contributed by atoms with Crippen LogP contribution in [0.1, 0.15) is 58.4 Å². The Kier molecular flexibility index (Phi) is 9.61. The average Bonchev–Trinajstić information content (AvgIpc) is 3.55. The molecule has 2 aliphatic rings. The lowest BCUT2D eigenvalue weighted by molar-refractivity contribution is -0.0251. The van der Waals surface area contributed by atoms with Crippen molar-refractivity contribution in [1.82, 2.24) is 20.1 Å². The van der Waals surface area contributed by atoms with Gasteiger partial charge in [0.05, 0.1) is 40.9 Å². The van der Waals surface area contributed by atoms with E-state index in [0.717, 1.165) is 11.1 Å². The summed E-state index contributed by atoms with van der Waals surface area (Å²) < 4.78 is 22.1. The second-order valence-corrected chi connectivity index (χ2v) is 12.9. The third kappa shape index (κ3) is 7.72. The summed E-state index contributed by atoms with van der Waals surface area (Å²) in [5, 5.41) is 12.9. The van der Waals surface area contributed by atoms with Crippen LogP contribution < -0.4 is 10.1 Å². The Morgan fingerprint density at radius 1 is 1.09 bits per heavy atom. The number of aliphatic hydroxyl groups excluding tert-OH is 1. The Hall–Kier alpha value is -4.20. The van der Waals surface area contributed by atoms with Gasteiger partial charge in [-0.05, 0) is 74.7 Å². The lowest BCUT2D eigenvalue weighted by Gasteiger charge is -2.48. The third-order valence-corrected chi connectivity index (χ3v) is 8.41. The molecule has 12 nitrogen and oxygen atoms in total. The normalized spacial score (nSPS) is 19.0. The number of fused-ring (bicyclic) bond motifs is 1. The molecule has 2 aliphatic heterocycles. The van der Waals surface area contributed by atoms with Gasteiger partial charge in [0.25, 0.3) is 11.8 Å². The summed E-state index contributed by atoms with van der Waals surface area (Å²) in [5.41, 5.74) is 1.75.